The minimum atomic E-state index is 0.0194. The minimum absolute atomic E-state index is 0.0194. The second-order valence-electron chi connectivity index (χ2n) is 14.1. The highest BCUT2D eigenvalue weighted by molar-refractivity contribution is 5.53. The Morgan fingerprint density at radius 2 is 0.935 bits per heavy atom. The fourth-order valence-corrected chi connectivity index (χ4v) is 7.30. The quantitative estimate of drug-likeness (QED) is 0.139. The van der Waals surface area contributed by atoms with Gasteiger partial charge in [0.15, 0.2) is 0 Å². The topological polar surface area (TPSA) is 80.9 Å². The second kappa shape index (κ2) is 17.5. The number of benzene rings is 2. The van der Waals surface area contributed by atoms with E-state index in [2.05, 4.69) is 53.0 Å². The standard InChI is InChI=1S/2C21H30O2/c2*1-5-6-7-8-16-12-19(22)21(20(23)13-16)18-11-15(4)9-10-17(18)14(2)3/h2*11-13,17-18,22-23H,2,5-10H2,1,3-4H3/t2*17-,18+/m00/s1. The van der Waals surface area contributed by atoms with E-state index in [4.69, 9.17) is 0 Å². The molecule has 0 heterocycles. The summed E-state index contributed by atoms with van der Waals surface area (Å²) in [7, 11) is 0. The van der Waals surface area contributed by atoms with Gasteiger partial charge in [0.05, 0.1) is 0 Å². The summed E-state index contributed by atoms with van der Waals surface area (Å²) in [4.78, 5) is 0. The third-order valence-corrected chi connectivity index (χ3v) is 9.96. The zero-order valence-electron chi connectivity index (χ0n) is 29.5. The van der Waals surface area contributed by atoms with Crippen molar-refractivity contribution in [3.8, 4) is 23.0 Å². The van der Waals surface area contributed by atoms with Crippen LogP contribution in [0, 0.1) is 11.8 Å². The van der Waals surface area contributed by atoms with E-state index in [0.717, 1.165) is 73.6 Å². The van der Waals surface area contributed by atoms with Crippen LogP contribution in [-0.2, 0) is 12.8 Å². The highest BCUT2D eigenvalue weighted by Gasteiger charge is 2.31. The Bertz CT molecular complexity index is 1260. The van der Waals surface area contributed by atoms with Gasteiger partial charge in [0, 0.05) is 23.0 Å². The first kappa shape index (κ1) is 37.1. The van der Waals surface area contributed by atoms with Crippen LogP contribution in [0.2, 0.25) is 0 Å². The van der Waals surface area contributed by atoms with Crippen molar-refractivity contribution >= 4 is 0 Å². The molecule has 2 aliphatic rings. The van der Waals surface area contributed by atoms with Crippen molar-refractivity contribution in [1.29, 1.82) is 0 Å². The number of unbranched alkanes of at least 4 members (excludes halogenated alkanes) is 4. The second-order valence-corrected chi connectivity index (χ2v) is 14.1. The van der Waals surface area contributed by atoms with E-state index in [0.29, 0.717) is 11.1 Å². The molecule has 0 aromatic heterocycles. The molecule has 0 saturated heterocycles. The molecule has 2 aliphatic carbocycles. The van der Waals surface area contributed by atoms with E-state index in [9.17, 15) is 20.4 Å². The number of allylic oxidation sites excluding steroid dienone is 6. The third-order valence-electron chi connectivity index (χ3n) is 9.96. The number of hydrogen-bond donors (Lipinski definition) is 4. The zero-order chi connectivity index (χ0) is 34.0. The van der Waals surface area contributed by atoms with Crippen molar-refractivity contribution in [1.82, 2.24) is 0 Å². The predicted octanol–water partition coefficient (Wildman–Crippen LogP) is 11.7. The van der Waals surface area contributed by atoms with Crippen LogP contribution in [0.25, 0.3) is 0 Å². The largest absolute Gasteiger partial charge is 0.507 e. The molecule has 2 aromatic carbocycles. The van der Waals surface area contributed by atoms with Crippen LogP contribution in [0.4, 0.5) is 0 Å². The normalized spacial score (nSPS) is 21.1. The fourth-order valence-electron chi connectivity index (χ4n) is 7.30. The maximum absolute atomic E-state index is 10.5. The first-order valence-corrected chi connectivity index (χ1v) is 17.6. The number of aromatic hydroxyl groups is 4. The Balaban J connectivity index is 0.000000250. The van der Waals surface area contributed by atoms with Crippen molar-refractivity contribution in [3.63, 3.8) is 0 Å². The average molecular weight is 629 g/mol. The third kappa shape index (κ3) is 9.80. The number of hydrogen-bond acceptors (Lipinski definition) is 4. The highest BCUT2D eigenvalue weighted by Crippen LogP contribution is 2.48. The van der Waals surface area contributed by atoms with Crippen LogP contribution in [0.5, 0.6) is 23.0 Å². The molecular weight excluding hydrogens is 568 g/mol. The summed E-state index contributed by atoms with van der Waals surface area (Å²) in [6.45, 7) is 20.9. The summed E-state index contributed by atoms with van der Waals surface area (Å²) in [5.41, 5.74) is 8.22. The first-order valence-electron chi connectivity index (χ1n) is 17.6. The molecule has 0 spiro atoms. The molecular formula is C42H60O4. The smallest absolute Gasteiger partial charge is 0.123 e. The van der Waals surface area contributed by atoms with Gasteiger partial charge in [-0.3, -0.25) is 0 Å². The van der Waals surface area contributed by atoms with Crippen LogP contribution in [0.3, 0.4) is 0 Å². The van der Waals surface area contributed by atoms with Crippen LogP contribution < -0.4 is 0 Å². The van der Waals surface area contributed by atoms with E-state index in [1.54, 1.807) is 0 Å². The van der Waals surface area contributed by atoms with Crippen molar-refractivity contribution in [3.05, 3.63) is 94.1 Å². The van der Waals surface area contributed by atoms with Crippen LogP contribution in [0.15, 0.2) is 71.9 Å². The van der Waals surface area contributed by atoms with Gasteiger partial charge in [0.2, 0.25) is 0 Å². The number of phenols is 4. The van der Waals surface area contributed by atoms with Gasteiger partial charge in [-0.25, -0.2) is 0 Å². The molecule has 46 heavy (non-hydrogen) atoms. The summed E-state index contributed by atoms with van der Waals surface area (Å²) >= 11 is 0. The maximum atomic E-state index is 10.5. The average Bonchev–Trinajstić information content (AvgIpc) is 2.97. The minimum Gasteiger partial charge on any atom is -0.507 e. The number of aryl methyl sites for hydroxylation is 2. The Labute approximate surface area is 279 Å². The number of rotatable bonds is 12. The molecule has 0 radical (unpaired) electrons. The fraction of sp³-hybridized carbons (Fsp3) is 0.524. The number of phenolic OH excluding ortho intramolecular Hbond substituents is 4. The molecule has 4 N–H and O–H groups in total. The molecule has 0 fully saturated rings. The lowest BCUT2D eigenvalue weighted by Gasteiger charge is -2.31. The Kier molecular flexibility index (Phi) is 14.1. The lowest BCUT2D eigenvalue weighted by molar-refractivity contribution is 0.405. The highest BCUT2D eigenvalue weighted by atomic mass is 16.3. The van der Waals surface area contributed by atoms with E-state index in [-0.39, 0.29) is 46.7 Å². The summed E-state index contributed by atoms with van der Waals surface area (Å²) in [6, 6.07) is 7.33. The predicted molar refractivity (Wildman–Crippen MR) is 194 cm³/mol. The van der Waals surface area contributed by atoms with Gasteiger partial charge < -0.3 is 20.4 Å². The Hall–Kier alpha value is -3.40. The van der Waals surface area contributed by atoms with Crippen molar-refractivity contribution in [2.24, 2.45) is 11.8 Å². The molecule has 4 atom stereocenters. The van der Waals surface area contributed by atoms with Crippen molar-refractivity contribution in [2.45, 2.75) is 130 Å². The molecule has 4 nitrogen and oxygen atoms in total. The molecule has 0 bridgehead atoms. The lowest BCUT2D eigenvalue weighted by atomic mass is 9.73. The van der Waals surface area contributed by atoms with Gasteiger partial charge >= 0.3 is 0 Å². The summed E-state index contributed by atoms with van der Waals surface area (Å²) in [5.74, 6) is 1.48. The van der Waals surface area contributed by atoms with Gasteiger partial charge in [0.1, 0.15) is 23.0 Å². The Morgan fingerprint density at radius 1 is 0.609 bits per heavy atom. The van der Waals surface area contributed by atoms with E-state index in [1.165, 1.54) is 36.8 Å². The molecule has 2 aromatic rings. The van der Waals surface area contributed by atoms with Gasteiger partial charge in [-0.15, -0.1) is 0 Å². The van der Waals surface area contributed by atoms with Gasteiger partial charge in [-0.1, -0.05) is 87.1 Å². The summed E-state index contributed by atoms with van der Waals surface area (Å²) in [5, 5.41) is 42.2. The van der Waals surface area contributed by atoms with Crippen LogP contribution >= 0.6 is 0 Å². The Morgan fingerprint density at radius 3 is 1.22 bits per heavy atom. The zero-order valence-corrected chi connectivity index (χ0v) is 29.5. The van der Waals surface area contributed by atoms with Crippen molar-refractivity contribution < 1.29 is 20.4 Å². The first-order chi connectivity index (χ1) is 21.9. The van der Waals surface area contributed by atoms with E-state index >= 15 is 0 Å². The monoisotopic (exact) mass is 628 g/mol. The van der Waals surface area contributed by atoms with E-state index in [1.807, 2.05) is 38.1 Å². The van der Waals surface area contributed by atoms with Gasteiger partial charge in [0.25, 0.3) is 0 Å². The van der Waals surface area contributed by atoms with Gasteiger partial charge in [-0.2, -0.15) is 0 Å². The molecule has 0 unspecified atom stereocenters. The SMILES string of the molecule is C=C(C)[C@@H]1CCC(C)=C[C@H]1c1c(O)cc(CCCCC)cc1O.C=C(C)[C@@H]1CCC(C)=C[C@H]1c1c(O)cc(CCCCC)cc1O. The molecule has 0 amide bonds. The van der Waals surface area contributed by atoms with Gasteiger partial charge in [-0.05, 0) is 126 Å². The molecule has 252 valence electrons. The summed E-state index contributed by atoms with van der Waals surface area (Å²) in [6.07, 6.45) is 17.2. The molecule has 0 aliphatic heterocycles. The van der Waals surface area contributed by atoms with Crippen LogP contribution in [0.1, 0.15) is 140 Å². The van der Waals surface area contributed by atoms with Crippen LogP contribution in [-0.4, -0.2) is 20.4 Å². The molecule has 4 heteroatoms. The summed E-state index contributed by atoms with van der Waals surface area (Å²) < 4.78 is 0. The molecule has 0 saturated carbocycles. The van der Waals surface area contributed by atoms with Crippen molar-refractivity contribution in [2.75, 3.05) is 0 Å². The maximum Gasteiger partial charge on any atom is 0.123 e. The lowest BCUT2D eigenvalue weighted by Crippen LogP contribution is -2.17. The molecule has 4 rings (SSSR count). The van der Waals surface area contributed by atoms with E-state index < -0.39 is 0 Å².